The van der Waals surface area contributed by atoms with Crippen molar-refractivity contribution in [2.75, 3.05) is 18.0 Å². The van der Waals surface area contributed by atoms with Crippen LogP contribution in [0.4, 0.5) is 5.95 Å². The largest absolute Gasteiger partial charge is 0.392 e. The summed E-state index contributed by atoms with van der Waals surface area (Å²) in [5, 5.41) is 8.93. The van der Waals surface area contributed by atoms with Crippen LogP contribution in [-0.2, 0) is 6.61 Å². The third-order valence-corrected chi connectivity index (χ3v) is 2.83. The van der Waals surface area contributed by atoms with Gasteiger partial charge in [-0.1, -0.05) is 6.92 Å². The maximum absolute atomic E-state index is 8.93. The molecule has 0 aliphatic heterocycles. The van der Waals surface area contributed by atoms with Gasteiger partial charge in [-0.3, -0.25) is 0 Å². The van der Waals surface area contributed by atoms with E-state index in [1.165, 1.54) is 12.8 Å². The van der Waals surface area contributed by atoms with E-state index in [1.807, 2.05) is 0 Å². The summed E-state index contributed by atoms with van der Waals surface area (Å²) in [5.41, 5.74) is 0.770. The molecule has 0 aromatic carbocycles. The van der Waals surface area contributed by atoms with Crippen molar-refractivity contribution in [1.29, 1.82) is 0 Å². The molecule has 1 aliphatic carbocycles. The van der Waals surface area contributed by atoms with Gasteiger partial charge in [-0.25, -0.2) is 9.97 Å². The van der Waals surface area contributed by atoms with Crippen LogP contribution in [0.15, 0.2) is 12.4 Å². The van der Waals surface area contributed by atoms with E-state index in [0.29, 0.717) is 0 Å². The third kappa shape index (κ3) is 2.92. The van der Waals surface area contributed by atoms with Gasteiger partial charge in [0.1, 0.15) is 0 Å². The molecule has 1 saturated carbocycles. The van der Waals surface area contributed by atoms with Gasteiger partial charge in [0.15, 0.2) is 0 Å². The van der Waals surface area contributed by atoms with Crippen LogP contribution >= 0.6 is 0 Å². The van der Waals surface area contributed by atoms with E-state index in [-0.39, 0.29) is 6.61 Å². The first-order valence-electron chi connectivity index (χ1n) is 6.00. The van der Waals surface area contributed by atoms with Gasteiger partial charge in [0, 0.05) is 31.0 Å². The van der Waals surface area contributed by atoms with Crippen LogP contribution in [0.3, 0.4) is 0 Å². The van der Waals surface area contributed by atoms with E-state index in [2.05, 4.69) is 21.8 Å². The lowest BCUT2D eigenvalue weighted by Gasteiger charge is -2.21. The van der Waals surface area contributed by atoms with E-state index in [9.17, 15) is 0 Å². The summed E-state index contributed by atoms with van der Waals surface area (Å²) >= 11 is 0. The summed E-state index contributed by atoms with van der Waals surface area (Å²) < 4.78 is 0. The second-order valence-corrected chi connectivity index (χ2v) is 4.44. The fraction of sp³-hybridized carbons (Fsp3) is 0.667. The number of aromatic nitrogens is 2. The summed E-state index contributed by atoms with van der Waals surface area (Å²) in [7, 11) is 0. The Hall–Kier alpha value is -1.16. The van der Waals surface area contributed by atoms with Crippen LogP contribution < -0.4 is 4.90 Å². The average molecular weight is 221 g/mol. The molecule has 1 fully saturated rings. The van der Waals surface area contributed by atoms with Gasteiger partial charge >= 0.3 is 0 Å². The minimum atomic E-state index is 0.0106. The first-order chi connectivity index (χ1) is 7.83. The summed E-state index contributed by atoms with van der Waals surface area (Å²) in [6.45, 7) is 4.26. The first-order valence-corrected chi connectivity index (χ1v) is 6.00. The average Bonchev–Trinajstić information content (AvgIpc) is 3.13. The number of hydrogen-bond donors (Lipinski definition) is 1. The molecule has 88 valence electrons. The summed E-state index contributed by atoms with van der Waals surface area (Å²) in [4.78, 5) is 10.9. The quantitative estimate of drug-likeness (QED) is 0.792. The normalized spacial score (nSPS) is 15.1. The summed E-state index contributed by atoms with van der Waals surface area (Å²) in [6.07, 6.45) is 7.21. The zero-order valence-corrected chi connectivity index (χ0v) is 9.76. The molecule has 0 amide bonds. The van der Waals surface area contributed by atoms with Crippen LogP contribution in [0.1, 0.15) is 31.7 Å². The van der Waals surface area contributed by atoms with Crippen LogP contribution in [0, 0.1) is 5.92 Å². The van der Waals surface area contributed by atoms with E-state index in [0.717, 1.165) is 36.9 Å². The predicted octanol–water partition coefficient (Wildman–Crippen LogP) is 1.60. The minimum absolute atomic E-state index is 0.0106. The van der Waals surface area contributed by atoms with Crippen molar-refractivity contribution in [3.05, 3.63) is 18.0 Å². The van der Waals surface area contributed by atoms with Crippen LogP contribution in [0.2, 0.25) is 0 Å². The van der Waals surface area contributed by atoms with Gasteiger partial charge in [-0.2, -0.15) is 0 Å². The molecule has 0 atom stereocenters. The molecule has 0 spiro atoms. The molecule has 4 heteroatoms. The zero-order chi connectivity index (χ0) is 11.4. The molecule has 0 saturated heterocycles. The maximum Gasteiger partial charge on any atom is 0.225 e. The molecule has 0 radical (unpaired) electrons. The highest BCUT2D eigenvalue weighted by Crippen LogP contribution is 2.30. The Labute approximate surface area is 96.3 Å². The van der Waals surface area contributed by atoms with E-state index >= 15 is 0 Å². The summed E-state index contributed by atoms with van der Waals surface area (Å²) in [6, 6.07) is 0. The fourth-order valence-electron chi connectivity index (χ4n) is 1.75. The molecular formula is C12H19N3O. The van der Waals surface area contributed by atoms with Crippen molar-refractivity contribution in [2.45, 2.75) is 32.8 Å². The Morgan fingerprint density at radius 3 is 2.56 bits per heavy atom. The molecule has 1 heterocycles. The molecule has 2 rings (SSSR count). The fourth-order valence-corrected chi connectivity index (χ4v) is 1.75. The maximum atomic E-state index is 8.93. The lowest BCUT2D eigenvalue weighted by Crippen LogP contribution is -2.28. The van der Waals surface area contributed by atoms with Crippen molar-refractivity contribution in [1.82, 2.24) is 9.97 Å². The number of hydrogen-bond acceptors (Lipinski definition) is 4. The number of anilines is 1. The predicted molar refractivity (Wildman–Crippen MR) is 63.2 cm³/mol. The second kappa shape index (κ2) is 5.25. The highest BCUT2D eigenvalue weighted by Gasteiger charge is 2.25. The van der Waals surface area contributed by atoms with Crippen LogP contribution in [-0.4, -0.2) is 28.2 Å². The minimum Gasteiger partial charge on any atom is -0.392 e. The van der Waals surface area contributed by atoms with E-state index in [4.69, 9.17) is 5.11 Å². The molecule has 1 aliphatic rings. The van der Waals surface area contributed by atoms with Crippen molar-refractivity contribution in [3.8, 4) is 0 Å². The molecule has 16 heavy (non-hydrogen) atoms. The van der Waals surface area contributed by atoms with Crippen molar-refractivity contribution in [2.24, 2.45) is 5.92 Å². The van der Waals surface area contributed by atoms with Crippen LogP contribution in [0.25, 0.3) is 0 Å². The monoisotopic (exact) mass is 221 g/mol. The second-order valence-electron chi connectivity index (χ2n) is 4.44. The Morgan fingerprint density at radius 2 is 2.06 bits per heavy atom. The van der Waals surface area contributed by atoms with Gasteiger partial charge in [0.2, 0.25) is 5.95 Å². The molecule has 1 aromatic heterocycles. The van der Waals surface area contributed by atoms with Crippen molar-refractivity contribution >= 4 is 5.95 Å². The lowest BCUT2D eigenvalue weighted by molar-refractivity contribution is 0.281. The molecular weight excluding hydrogens is 202 g/mol. The zero-order valence-electron chi connectivity index (χ0n) is 9.76. The first kappa shape index (κ1) is 11.3. The van der Waals surface area contributed by atoms with Crippen molar-refractivity contribution in [3.63, 3.8) is 0 Å². The van der Waals surface area contributed by atoms with E-state index < -0.39 is 0 Å². The topological polar surface area (TPSA) is 49.2 Å². The number of nitrogens with zero attached hydrogens (tertiary/aromatic N) is 3. The van der Waals surface area contributed by atoms with E-state index in [1.54, 1.807) is 12.4 Å². The Bertz CT molecular complexity index is 322. The highest BCUT2D eigenvalue weighted by molar-refractivity contribution is 5.30. The molecule has 0 unspecified atom stereocenters. The molecule has 4 nitrogen and oxygen atoms in total. The Balaban J connectivity index is 2.03. The van der Waals surface area contributed by atoms with Gasteiger partial charge in [0.05, 0.1) is 6.61 Å². The van der Waals surface area contributed by atoms with Crippen LogP contribution in [0.5, 0.6) is 0 Å². The van der Waals surface area contributed by atoms with Gasteiger partial charge in [0.25, 0.3) is 0 Å². The molecule has 1 N–H and O–H groups in total. The Morgan fingerprint density at radius 1 is 1.38 bits per heavy atom. The molecule has 0 bridgehead atoms. The highest BCUT2D eigenvalue weighted by atomic mass is 16.3. The van der Waals surface area contributed by atoms with Crippen molar-refractivity contribution < 1.29 is 5.11 Å². The smallest absolute Gasteiger partial charge is 0.225 e. The third-order valence-electron chi connectivity index (χ3n) is 2.83. The van der Waals surface area contributed by atoms with Gasteiger partial charge in [-0.05, 0) is 25.2 Å². The van der Waals surface area contributed by atoms with Gasteiger partial charge in [-0.15, -0.1) is 0 Å². The lowest BCUT2D eigenvalue weighted by atomic mass is 10.3. The number of aliphatic hydroxyl groups excluding tert-OH is 1. The SMILES string of the molecule is CCCN(CC1CC1)c1ncc(CO)cn1. The van der Waals surface area contributed by atoms with Gasteiger partial charge < -0.3 is 10.0 Å². The number of aliphatic hydroxyl groups is 1. The molecule has 1 aromatic rings. The Kier molecular flexibility index (Phi) is 3.72. The standard InChI is InChI=1S/C12H19N3O/c1-2-5-15(8-10-3-4-10)12-13-6-11(9-16)7-14-12/h6-7,10,16H,2-5,8-9H2,1H3. The number of rotatable bonds is 6. The summed E-state index contributed by atoms with van der Waals surface area (Å²) in [5.74, 6) is 1.64.